The highest BCUT2D eigenvalue weighted by Gasteiger charge is 2.44. The number of rotatable bonds is 6. The molecular formula is C72H49BN6. The van der Waals surface area contributed by atoms with E-state index < -0.39 is 0 Å². The van der Waals surface area contributed by atoms with Gasteiger partial charge in [-0.25, -0.2) is 4.85 Å². The molecule has 0 radical (unpaired) electrons. The summed E-state index contributed by atoms with van der Waals surface area (Å²) in [4.78, 5) is 9.11. The van der Waals surface area contributed by atoms with Crippen LogP contribution in [0.3, 0.4) is 0 Å². The van der Waals surface area contributed by atoms with Gasteiger partial charge in [-0.2, -0.15) is 5.26 Å². The van der Waals surface area contributed by atoms with Gasteiger partial charge in [-0.05, 0) is 134 Å². The van der Waals surface area contributed by atoms with Gasteiger partial charge in [0.05, 0.1) is 34.2 Å². The van der Waals surface area contributed by atoms with Crippen molar-refractivity contribution in [1.82, 2.24) is 9.13 Å². The second-order valence-electron chi connectivity index (χ2n) is 21.9. The number of anilines is 6. The molecule has 370 valence electrons. The van der Waals surface area contributed by atoms with Gasteiger partial charge in [0.25, 0.3) is 6.71 Å². The van der Waals surface area contributed by atoms with Crippen LogP contribution in [0.1, 0.15) is 31.9 Å². The van der Waals surface area contributed by atoms with Gasteiger partial charge in [0.2, 0.25) is 5.69 Å². The van der Waals surface area contributed by atoms with Crippen LogP contribution in [0.25, 0.3) is 82.1 Å². The summed E-state index contributed by atoms with van der Waals surface area (Å²) in [5.41, 5.74) is 22.7. The smallest absolute Gasteiger partial charge is 0.252 e. The van der Waals surface area contributed by atoms with E-state index in [2.05, 4.69) is 269 Å². The molecule has 0 fully saturated rings. The number of benzene rings is 11. The van der Waals surface area contributed by atoms with E-state index in [1.54, 1.807) is 0 Å². The summed E-state index contributed by atoms with van der Waals surface area (Å²) >= 11 is 0. The first-order valence-electron chi connectivity index (χ1n) is 27.0. The van der Waals surface area contributed by atoms with Crippen molar-refractivity contribution in [1.29, 1.82) is 5.26 Å². The van der Waals surface area contributed by atoms with Crippen LogP contribution in [0.2, 0.25) is 0 Å². The molecule has 0 unspecified atom stereocenters. The summed E-state index contributed by atoms with van der Waals surface area (Å²) < 4.78 is 4.59. The average Bonchev–Trinajstić information content (AvgIpc) is 4.06. The molecule has 0 aliphatic carbocycles. The molecule has 13 aromatic rings. The quantitative estimate of drug-likeness (QED) is 0.123. The maximum absolute atomic E-state index is 10.7. The summed E-state index contributed by atoms with van der Waals surface area (Å²) in [5, 5.41) is 15.0. The second-order valence-corrected chi connectivity index (χ2v) is 21.9. The number of hydrogen-bond acceptors (Lipinski definition) is 3. The maximum atomic E-state index is 10.7. The highest BCUT2D eigenvalue weighted by Crippen LogP contribution is 2.49. The summed E-state index contributed by atoms with van der Waals surface area (Å²) in [5.74, 6) is 0. The van der Waals surface area contributed by atoms with Crippen LogP contribution in [0.15, 0.2) is 243 Å². The second kappa shape index (κ2) is 17.6. The Morgan fingerprint density at radius 1 is 0.418 bits per heavy atom. The fourth-order valence-corrected chi connectivity index (χ4v) is 12.8. The SMILES string of the molecule is [C-]#[N+]c1cccc2c3ccccc3n(-c3ccc4c(c3)N(c3ccc(-c5ccccc5)cc3)c3cc(C(C)(C)C)cc5c3B4c3ccc(-n4c6ccccc6c6cccc(C#N)c64)cc3N5c3ccc(-c4ccccc4)cc3)c12. The lowest BCUT2D eigenvalue weighted by atomic mass is 9.33. The van der Waals surface area contributed by atoms with Crippen molar-refractivity contribution in [2.45, 2.75) is 26.2 Å². The molecule has 2 aliphatic rings. The van der Waals surface area contributed by atoms with Gasteiger partial charge in [0.1, 0.15) is 6.07 Å². The Morgan fingerprint density at radius 3 is 1.34 bits per heavy atom. The van der Waals surface area contributed by atoms with Crippen LogP contribution in [0.5, 0.6) is 0 Å². The van der Waals surface area contributed by atoms with Crippen molar-refractivity contribution in [2.75, 3.05) is 9.80 Å². The lowest BCUT2D eigenvalue weighted by Crippen LogP contribution is -2.61. The number of aromatic nitrogens is 2. The third-order valence-corrected chi connectivity index (χ3v) is 16.5. The number of nitriles is 1. The van der Waals surface area contributed by atoms with Crippen LogP contribution < -0.4 is 26.2 Å². The number of nitrogens with zero attached hydrogens (tertiary/aromatic N) is 6. The normalized spacial score (nSPS) is 12.6. The molecule has 0 bridgehead atoms. The zero-order chi connectivity index (χ0) is 53.1. The minimum absolute atomic E-state index is 0.184. The Hall–Kier alpha value is -10.3. The van der Waals surface area contributed by atoms with Crippen molar-refractivity contribution in [2.24, 2.45) is 0 Å². The molecule has 0 atom stereocenters. The Balaban J connectivity index is 1.04. The monoisotopic (exact) mass is 1010 g/mol. The predicted octanol–water partition coefficient (Wildman–Crippen LogP) is 17.0. The Morgan fingerprint density at radius 2 is 0.848 bits per heavy atom. The van der Waals surface area contributed by atoms with Crippen LogP contribution in [-0.4, -0.2) is 15.8 Å². The van der Waals surface area contributed by atoms with Gasteiger partial charge in [0, 0.05) is 61.7 Å². The van der Waals surface area contributed by atoms with E-state index >= 15 is 0 Å². The Labute approximate surface area is 459 Å². The molecule has 4 heterocycles. The van der Waals surface area contributed by atoms with Crippen LogP contribution >= 0.6 is 0 Å². The first kappa shape index (κ1) is 46.0. The minimum atomic E-state index is -0.243. The summed E-state index contributed by atoms with van der Waals surface area (Å²) in [6, 6.07) is 89.8. The van der Waals surface area contributed by atoms with Crippen LogP contribution in [0.4, 0.5) is 39.8 Å². The van der Waals surface area contributed by atoms with Crippen molar-refractivity contribution in [3.63, 3.8) is 0 Å². The number of fused-ring (bicyclic) bond motifs is 10. The van der Waals surface area contributed by atoms with Gasteiger partial charge < -0.3 is 18.9 Å². The van der Waals surface area contributed by atoms with Crippen LogP contribution in [-0.2, 0) is 5.41 Å². The van der Waals surface area contributed by atoms with Crippen molar-refractivity contribution in [3.05, 3.63) is 265 Å². The summed E-state index contributed by atoms with van der Waals surface area (Å²) in [6.07, 6.45) is 0. The van der Waals surface area contributed by atoms with E-state index in [4.69, 9.17) is 6.57 Å². The molecule has 6 nitrogen and oxygen atoms in total. The molecule has 11 aromatic carbocycles. The largest absolute Gasteiger partial charge is 0.319 e. The molecule has 2 aliphatic heterocycles. The molecule has 0 saturated heterocycles. The average molecular weight is 1010 g/mol. The fourth-order valence-electron chi connectivity index (χ4n) is 12.8. The number of hydrogen-bond donors (Lipinski definition) is 0. The molecule has 7 heteroatoms. The highest BCUT2D eigenvalue weighted by atomic mass is 15.2. The van der Waals surface area contributed by atoms with Crippen molar-refractivity contribution < 1.29 is 0 Å². The lowest BCUT2D eigenvalue weighted by molar-refractivity contribution is 0.590. The molecule has 0 saturated carbocycles. The van der Waals surface area contributed by atoms with Gasteiger partial charge >= 0.3 is 0 Å². The van der Waals surface area contributed by atoms with E-state index in [0.717, 1.165) is 100 Å². The van der Waals surface area contributed by atoms with Gasteiger partial charge in [-0.3, -0.25) is 0 Å². The topological polar surface area (TPSA) is 44.5 Å². The molecule has 0 amide bonds. The van der Waals surface area contributed by atoms with Crippen molar-refractivity contribution in [3.8, 4) is 39.7 Å². The Bertz CT molecular complexity index is 4430. The molecule has 0 spiro atoms. The summed E-state index contributed by atoms with van der Waals surface area (Å²) in [7, 11) is 0. The fraction of sp³-hybridized carbons (Fsp3) is 0.0556. The molecular weight excluding hydrogens is 960 g/mol. The van der Waals surface area contributed by atoms with Crippen molar-refractivity contribution >= 4 is 107 Å². The third-order valence-electron chi connectivity index (χ3n) is 16.5. The Kier molecular flexibility index (Phi) is 10.3. The van der Waals surface area contributed by atoms with Gasteiger partial charge in [-0.15, -0.1) is 0 Å². The zero-order valence-electron chi connectivity index (χ0n) is 43.9. The maximum Gasteiger partial charge on any atom is 0.252 e. The van der Waals surface area contributed by atoms with E-state index in [1.165, 1.54) is 33.1 Å². The predicted molar refractivity (Wildman–Crippen MR) is 330 cm³/mol. The highest BCUT2D eigenvalue weighted by molar-refractivity contribution is 7.00. The molecule has 15 rings (SSSR count). The van der Waals surface area contributed by atoms with Gasteiger partial charge in [0.15, 0.2) is 0 Å². The molecule has 0 N–H and O–H groups in total. The van der Waals surface area contributed by atoms with E-state index in [9.17, 15) is 5.26 Å². The third kappa shape index (κ3) is 7.03. The molecule has 79 heavy (non-hydrogen) atoms. The summed E-state index contributed by atoms with van der Waals surface area (Å²) in [6.45, 7) is 15.2. The van der Waals surface area contributed by atoms with Gasteiger partial charge in [-0.1, -0.05) is 185 Å². The zero-order valence-corrected chi connectivity index (χ0v) is 43.9. The minimum Gasteiger partial charge on any atom is -0.319 e. The number of para-hydroxylation sites is 4. The first-order chi connectivity index (χ1) is 38.7. The van der Waals surface area contributed by atoms with E-state index in [1.807, 2.05) is 24.3 Å². The van der Waals surface area contributed by atoms with E-state index in [-0.39, 0.29) is 12.1 Å². The van der Waals surface area contributed by atoms with Crippen LogP contribution in [0, 0.1) is 17.9 Å². The molecule has 2 aromatic heterocycles. The standard InChI is InChI=1S/C72H49BN6/c1-72(2,3)51-41-67-69-68(42-51)77(53-35-31-49(32-36-53)47-19-9-6-10-20-47)66-44-55(79-64-28-14-12-23-57(64)59-25-16-26-62(75-4)71(59)79)38-40-61(66)73(69)60-39-37-54(78-63-27-13-11-22-56(63)58-24-15-21-50(45-74)70(58)78)43-65(60)76(67)52-33-29-48(30-34-52)46-17-7-5-8-18-46/h5-44H,1-3H3. The van der Waals surface area contributed by atoms with E-state index in [0.29, 0.717) is 11.3 Å². The lowest BCUT2D eigenvalue weighted by Gasteiger charge is -2.45. The first-order valence-corrected chi connectivity index (χ1v) is 27.0.